The molecule has 1 aromatic heterocycles. The van der Waals surface area contributed by atoms with Crippen LogP contribution in [0.3, 0.4) is 0 Å². The maximum absolute atomic E-state index is 12.6. The Bertz CT molecular complexity index is 569. The summed E-state index contributed by atoms with van der Waals surface area (Å²) in [6.07, 6.45) is 4.40. The Labute approximate surface area is 112 Å². The molecule has 1 aromatic rings. The Morgan fingerprint density at radius 3 is 2.79 bits per heavy atom. The first kappa shape index (κ1) is 12.9. The average Bonchev–Trinajstić information content (AvgIpc) is 2.84. The molecule has 19 heavy (non-hydrogen) atoms. The lowest BCUT2D eigenvalue weighted by molar-refractivity contribution is 0.246. The van der Waals surface area contributed by atoms with Crippen molar-refractivity contribution in [2.45, 2.75) is 36.2 Å². The minimum Gasteiger partial charge on any atom is -0.383 e. The predicted molar refractivity (Wildman–Crippen MR) is 70.9 cm³/mol. The lowest BCUT2D eigenvalue weighted by Gasteiger charge is -2.24. The van der Waals surface area contributed by atoms with Gasteiger partial charge in [0.2, 0.25) is 10.0 Å². The van der Waals surface area contributed by atoms with E-state index in [-0.39, 0.29) is 10.7 Å². The van der Waals surface area contributed by atoms with Crippen molar-refractivity contribution in [3.8, 4) is 0 Å². The fourth-order valence-electron chi connectivity index (χ4n) is 3.13. The van der Waals surface area contributed by atoms with E-state index in [2.05, 4.69) is 22.1 Å². The molecule has 2 bridgehead atoms. The van der Waals surface area contributed by atoms with E-state index in [4.69, 9.17) is 5.73 Å². The van der Waals surface area contributed by atoms with Crippen LogP contribution < -0.4 is 5.73 Å². The number of nitrogen functional groups attached to an aromatic ring is 1. The number of aromatic nitrogens is 2. The van der Waals surface area contributed by atoms with Crippen molar-refractivity contribution in [2.24, 2.45) is 0 Å². The summed E-state index contributed by atoms with van der Waals surface area (Å²) in [6.45, 7) is 1.10. The fourth-order valence-corrected chi connectivity index (χ4v) is 4.63. The lowest BCUT2D eigenvalue weighted by Crippen LogP contribution is -2.39. The summed E-state index contributed by atoms with van der Waals surface area (Å²) >= 11 is 0. The molecule has 2 atom stereocenters. The number of nitrogens with zero attached hydrogens (tertiary/aromatic N) is 3. The minimum atomic E-state index is -3.53. The molecule has 0 aliphatic carbocycles. The molecule has 0 amide bonds. The van der Waals surface area contributed by atoms with Gasteiger partial charge in [0, 0.05) is 25.2 Å². The Morgan fingerprint density at radius 1 is 1.37 bits per heavy atom. The zero-order valence-corrected chi connectivity index (χ0v) is 11.7. The fraction of sp³-hybridized carbons (Fsp3) is 0.727. The van der Waals surface area contributed by atoms with Crippen LogP contribution in [-0.2, 0) is 10.0 Å². The number of nitrogens with one attached hydrogen (secondary N) is 1. The van der Waals surface area contributed by atoms with Gasteiger partial charge in [-0.3, -0.25) is 10.00 Å². The predicted octanol–water partition coefficient (Wildman–Crippen LogP) is -0.151. The van der Waals surface area contributed by atoms with Gasteiger partial charge in [0.05, 0.1) is 6.20 Å². The Hall–Kier alpha value is -1.12. The van der Waals surface area contributed by atoms with E-state index in [1.54, 1.807) is 4.31 Å². The Balaban J connectivity index is 1.89. The van der Waals surface area contributed by atoms with E-state index >= 15 is 0 Å². The molecule has 0 aromatic carbocycles. The van der Waals surface area contributed by atoms with E-state index < -0.39 is 10.0 Å². The highest BCUT2D eigenvalue weighted by molar-refractivity contribution is 7.89. The molecule has 2 aliphatic rings. The van der Waals surface area contributed by atoms with Gasteiger partial charge in [-0.25, -0.2) is 8.42 Å². The normalized spacial score (nSPS) is 29.5. The molecule has 2 unspecified atom stereocenters. The molecule has 2 fully saturated rings. The van der Waals surface area contributed by atoms with Gasteiger partial charge in [0.25, 0.3) is 0 Å². The second-order valence-electron chi connectivity index (χ2n) is 5.35. The zero-order valence-electron chi connectivity index (χ0n) is 10.9. The smallest absolute Gasteiger partial charge is 0.248 e. The topological polar surface area (TPSA) is 95.3 Å². The van der Waals surface area contributed by atoms with Crippen molar-refractivity contribution in [1.29, 1.82) is 0 Å². The average molecular weight is 285 g/mol. The van der Waals surface area contributed by atoms with E-state index in [0.29, 0.717) is 25.2 Å². The van der Waals surface area contributed by atoms with Crippen molar-refractivity contribution in [2.75, 3.05) is 25.9 Å². The number of anilines is 1. The summed E-state index contributed by atoms with van der Waals surface area (Å²) in [4.78, 5) is 2.40. The van der Waals surface area contributed by atoms with Crippen LogP contribution in [0.4, 0.5) is 5.82 Å². The zero-order chi connectivity index (χ0) is 13.6. The molecular weight excluding hydrogens is 266 g/mol. The first-order valence-electron chi connectivity index (χ1n) is 6.51. The quantitative estimate of drug-likeness (QED) is 0.788. The monoisotopic (exact) mass is 285 g/mol. The van der Waals surface area contributed by atoms with Crippen molar-refractivity contribution in [3.63, 3.8) is 0 Å². The van der Waals surface area contributed by atoms with Crippen molar-refractivity contribution >= 4 is 15.8 Å². The number of hydrogen-bond donors (Lipinski definition) is 2. The van der Waals surface area contributed by atoms with Crippen molar-refractivity contribution < 1.29 is 8.42 Å². The number of fused-ring (bicyclic) bond motifs is 2. The van der Waals surface area contributed by atoms with Crippen molar-refractivity contribution in [3.05, 3.63) is 6.20 Å². The Kier molecular flexibility index (Phi) is 3.03. The molecule has 3 N–H and O–H groups in total. The molecule has 8 heteroatoms. The number of likely N-dealkylation sites (N-methyl/N-ethyl adjacent to an activating group) is 1. The number of H-pyrrole nitrogens is 1. The van der Waals surface area contributed by atoms with E-state index in [1.165, 1.54) is 12.6 Å². The van der Waals surface area contributed by atoms with Crippen LogP contribution in [-0.4, -0.2) is 60.0 Å². The van der Waals surface area contributed by atoms with Gasteiger partial charge in [-0.05, 0) is 26.3 Å². The van der Waals surface area contributed by atoms with Crippen LogP contribution in [0.25, 0.3) is 0 Å². The lowest BCUT2D eigenvalue weighted by atomic mass is 10.1. The first-order valence-corrected chi connectivity index (χ1v) is 7.95. The third-order valence-corrected chi connectivity index (χ3v) is 6.25. The highest BCUT2D eigenvalue weighted by Crippen LogP contribution is 2.31. The maximum atomic E-state index is 12.6. The van der Waals surface area contributed by atoms with Crippen LogP contribution in [0.2, 0.25) is 0 Å². The Morgan fingerprint density at radius 2 is 2.11 bits per heavy atom. The molecule has 106 valence electrons. The summed E-state index contributed by atoms with van der Waals surface area (Å²) in [5.74, 6) is 0.114. The number of rotatable bonds is 2. The SMILES string of the molecule is CN1C2CCC1CN(S(=O)(=O)c1cn[nH]c1N)CC2. The summed E-state index contributed by atoms with van der Waals surface area (Å²) in [6, 6.07) is 0.822. The standard InChI is InChI=1S/C11H19N5O2S/c1-15-8-2-3-9(15)7-16(5-4-8)19(17,18)10-6-13-14-11(10)12/h6,8-9H,2-5,7H2,1H3,(H3,12,13,14). The largest absolute Gasteiger partial charge is 0.383 e. The molecular formula is C11H19N5O2S. The number of aromatic amines is 1. The molecule has 2 saturated heterocycles. The van der Waals surface area contributed by atoms with Crippen LogP contribution >= 0.6 is 0 Å². The highest BCUT2D eigenvalue weighted by Gasteiger charge is 2.39. The summed E-state index contributed by atoms with van der Waals surface area (Å²) in [5.41, 5.74) is 5.64. The van der Waals surface area contributed by atoms with Crippen LogP contribution in [0.5, 0.6) is 0 Å². The van der Waals surface area contributed by atoms with Gasteiger partial charge < -0.3 is 5.73 Å². The van der Waals surface area contributed by atoms with Crippen LogP contribution in [0, 0.1) is 0 Å². The van der Waals surface area contributed by atoms with E-state index in [0.717, 1.165) is 12.8 Å². The summed E-state index contributed by atoms with van der Waals surface area (Å²) in [5, 5.41) is 6.19. The molecule has 3 rings (SSSR count). The molecule has 7 nitrogen and oxygen atoms in total. The van der Waals surface area contributed by atoms with E-state index in [9.17, 15) is 8.42 Å². The summed E-state index contributed by atoms with van der Waals surface area (Å²) < 4.78 is 26.7. The van der Waals surface area contributed by atoms with Gasteiger partial charge in [-0.1, -0.05) is 0 Å². The molecule has 3 heterocycles. The number of sulfonamides is 1. The number of nitrogens with two attached hydrogens (primary N) is 1. The minimum absolute atomic E-state index is 0.0907. The van der Waals surface area contributed by atoms with Crippen molar-refractivity contribution in [1.82, 2.24) is 19.4 Å². The maximum Gasteiger partial charge on any atom is 0.248 e. The van der Waals surface area contributed by atoms with Gasteiger partial charge in [-0.2, -0.15) is 9.40 Å². The third kappa shape index (κ3) is 2.03. The molecule has 2 aliphatic heterocycles. The summed E-state index contributed by atoms with van der Waals surface area (Å²) in [7, 11) is -1.44. The molecule has 0 spiro atoms. The molecule has 0 saturated carbocycles. The van der Waals surface area contributed by atoms with Gasteiger partial charge in [0.1, 0.15) is 10.7 Å². The van der Waals surface area contributed by atoms with Crippen LogP contribution in [0.1, 0.15) is 19.3 Å². The first-order chi connectivity index (χ1) is 9.00. The second-order valence-corrected chi connectivity index (χ2v) is 7.26. The highest BCUT2D eigenvalue weighted by atomic mass is 32.2. The number of hydrogen-bond acceptors (Lipinski definition) is 5. The molecule has 0 radical (unpaired) electrons. The van der Waals surface area contributed by atoms with Gasteiger partial charge in [-0.15, -0.1) is 0 Å². The van der Waals surface area contributed by atoms with Gasteiger partial charge in [0.15, 0.2) is 0 Å². The van der Waals surface area contributed by atoms with Gasteiger partial charge >= 0.3 is 0 Å². The second kappa shape index (κ2) is 4.46. The third-order valence-electron chi connectivity index (χ3n) is 4.36. The van der Waals surface area contributed by atoms with Crippen LogP contribution in [0.15, 0.2) is 11.1 Å². The van der Waals surface area contributed by atoms with E-state index in [1.807, 2.05) is 0 Å².